The molecule has 0 spiro atoms. The highest BCUT2D eigenvalue weighted by molar-refractivity contribution is 7.20. The average Bonchev–Trinajstić information content (AvgIpc) is 3.02. The Morgan fingerprint density at radius 2 is 1.93 bits per heavy atom. The number of benzene rings is 1. The first-order valence-corrected chi connectivity index (χ1v) is 9.60. The molecule has 2 heterocycles. The fourth-order valence-electron chi connectivity index (χ4n) is 2.77. The molecule has 0 fully saturated rings. The fourth-order valence-corrected chi connectivity index (χ4v) is 3.84. The van der Waals surface area contributed by atoms with Crippen LogP contribution in [-0.2, 0) is 4.74 Å². The van der Waals surface area contributed by atoms with Gasteiger partial charge in [0.15, 0.2) is 11.5 Å². The molecule has 0 saturated heterocycles. The molecular formula is C20H22N2O5S. The first-order valence-electron chi connectivity index (χ1n) is 8.78. The number of H-pyrrole nitrogens is 1. The van der Waals surface area contributed by atoms with Crippen molar-refractivity contribution in [2.45, 2.75) is 20.8 Å². The van der Waals surface area contributed by atoms with Crippen LogP contribution in [0, 0.1) is 12.8 Å². The SMILES string of the molecule is COc1ccc(-c2nc3sc(C(=O)OCC(C)C)c(C)c3c(=O)[nH]2)cc1OC. The van der Waals surface area contributed by atoms with Gasteiger partial charge in [0.05, 0.1) is 26.2 Å². The first kappa shape index (κ1) is 19.9. The Morgan fingerprint density at radius 1 is 1.21 bits per heavy atom. The lowest BCUT2D eigenvalue weighted by molar-refractivity contribution is 0.0464. The number of aromatic amines is 1. The number of nitrogens with one attached hydrogen (secondary N) is 1. The Bertz CT molecular complexity index is 1080. The normalized spacial score (nSPS) is 11.1. The van der Waals surface area contributed by atoms with Crippen molar-refractivity contribution in [1.82, 2.24) is 9.97 Å². The van der Waals surface area contributed by atoms with E-state index in [0.717, 1.165) is 11.3 Å². The summed E-state index contributed by atoms with van der Waals surface area (Å²) in [5.41, 5.74) is 0.958. The molecule has 0 atom stereocenters. The largest absolute Gasteiger partial charge is 0.493 e. The molecule has 0 aliphatic carbocycles. The van der Waals surface area contributed by atoms with Gasteiger partial charge in [-0.05, 0) is 36.6 Å². The molecule has 3 aromatic rings. The van der Waals surface area contributed by atoms with Gasteiger partial charge in [-0.1, -0.05) is 13.8 Å². The van der Waals surface area contributed by atoms with Crippen molar-refractivity contribution in [3.8, 4) is 22.9 Å². The third-order valence-electron chi connectivity index (χ3n) is 4.19. The van der Waals surface area contributed by atoms with Gasteiger partial charge in [0.25, 0.3) is 5.56 Å². The van der Waals surface area contributed by atoms with Gasteiger partial charge in [-0.25, -0.2) is 9.78 Å². The highest BCUT2D eigenvalue weighted by Crippen LogP contribution is 2.33. The molecule has 8 heteroatoms. The summed E-state index contributed by atoms with van der Waals surface area (Å²) in [6.45, 7) is 5.99. The molecule has 0 saturated carbocycles. The first-order chi connectivity index (χ1) is 13.3. The van der Waals surface area contributed by atoms with E-state index in [1.807, 2.05) is 13.8 Å². The number of methoxy groups -OCH3 is 2. The molecule has 3 rings (SSSR count). The number of hydrogen-bond donors (Lipinski definition) is 1. The lowest BCUT2D eigenvalue weighted by Crippen LogP contribution is -2.11. The minimum absolute atomic E-state index is 0.233. The Kier molecular flexibility index (Phi) is 5.69. The van der Waals surface area contributed by atoms with Crippen molar-refractivity contribution in [3.05, 3.63) is 39.0 Å². The van der Waals surface area contributed by atoms with Gasteiger partial charge in [0.1, 0.15) is 15.5 Å². The average molecular weight is 402 g/mol. The van der Waals surface area contributed by atoms with E-state index in [1.54, 1.807) is 39.3 Å². The molecule has 0 radical (unpaired) electrons. The molecule has 28 heavy (non-hydrogen) atoms. The number of rotatable bonds is 6. The topological polar surface area (TPSA) is 90.5 Å². The molecule has 0 unspecified atom stereocenters. The summed E-state index contributed by atoms with van der Waals surface area (Å²) < 4.78 is 15.9. The van der Waals surface area contributed by atoms with Crippen LogP contribution in [0.1, 0.15) is 29.1 Å². The van der Waals surface area contributed by atoms with Gasteiger partial charge in [0, 0.05) is 5.56 Å². The maximum absolute atomic E-state index is 12.7. The van der Waals surface area contributed by atoms with Crippen molar-refractivity contribution < 1.29 is 19.0 Å². The van der Waals surface area contributed by atoms with Crippen molar-refractivity contribution in [1.29, 1.82) is 0 Å². The van der Waals surface area contributed by atoms with Crippen LogP contribution in [0.2, 0.25) is 0 Å². The predicted octanol–water partition coefficient (Wildman–Crippen LogP) is 3.79. The van der Waals surface area contributed by atoms with Crippen LogP contribution in [0.5, 0.6) is 11.5 Å². The summed E-state index contributed by atoms with van der Waals surface area (Å²) in [6, 6.07) is 5.26. The monoisotopic (exact) mass is 402 g/mol. The predicted molar refractivity (Wildman–Crippen MR) is 109 cm³/mol. The summed E-state index contributed by atoms with van der Waals surface area (Å²) in [6.07, 6.45) is 0. The second-order valence-electron chi connectivity index (χ2n) is 6.71. The molecule has 0 amide bonds. The standard InChI is InChI=1S/C20H22N2O5S/c1-10(2)9-27-20(24)16-11(3)15-18(23)21-17(22-19(15)28-16)12-6-7-13(25-4)14(8-12)26-5/h6-8,10H,9H2,1-5H3,(H,21,22,23). The maximum Gasteiger partial charge on any atom is 0.348 e. The van der Waals surface area contributed by atoms with Crippen LogP contribution < -0.4 is 15.0 Å². The van der Waals surface area contributed by atoms with Crippen LogP contribution in [0.15, 0.2) is 23.0 Å². The van der Waals surface area contributed by atoms with Crippen LogP contribution in [0.3, 0.4) is 0 Å². The third kappa shape index (κ3) is 3.73. The van der Waals surface area contributed by atoms with E-state index in [-0.39, 0.29) is 11.5 Å². The quantitative estimate of drug-likeness (QED) is 0.631. The van der Waals surface area contributed by atoms with E-state index in [9.17, 15) is 9.59 Å². The van der Waals surface area contributed by atoms with Gasteiger partial charge < -0.3 is 19.2 Å². The van der Waals surface area contributed by atoms with Crippen molar-refractivity contribution in [2.75, 3.05) is 20.8 Å². The second kappa shape index (κ2) is 8.02. The van der Waals surface area contributed by atoms with Crippen LogP contribution in [0.25, 0.3) is 21.6 Å². The molecule has 1 N–H and O–H groups in total. The number of nitrogens with zero attached hydrogens (tertiary/aromatic N) is 1. The zero-order chi connectivity index (χ0) is 20.4. The van der Waals surface area contributed by atoms with Crippen LogP contribution in [0.4, 0.5) is 0 Å². The number of esters is 1. The number of thiophene rings is 1. The van der Waals surface area contributed by atoms with Crippen LogP contribution >= 0.6 is 11.3 Å². The molecule has 0 bridgehead atoms. The molecule has 2 aromatic heterocycles. The number of fused-ring (bicyclic) bond motifs is 1. The van der Waals surface area contributed by atoms with E-state index in [1.165, 1.54) is 0 Å². The fraction of sp³-hybridized carbons (Fsp3) is 0.350. The summed E-state index contributed by atoms with van der Waals surface area (Å²) in [5.74, 6) is 1.31. The summed E-state index contributed by atoms with van der Waals surface area (Å²) in [5, 5.41) is 0.408. The molecule has 0 aliphatic heterocycles. The van der Waals surface area contributed by atoms with E-state index in [4.69, 9.17) is 14.2 Å². The summed E-state index contributed by atoms with van der Waals surface area (Å²) in [7, 11) is 3.09. The Hall–Kier alpha value is -2.87. The van der Waals surface area contributed by atoms with Crippen LogP contribution in [-0.4, -0.2) is 36.8 Å². The van der Waals surface area contributed by atoms with Crippen molar-refractivity contribution >= 4 is 27.5 Å². The smallest absolute Gasteiger partial charge is 0.348 e. The minimum atomic E-state index is -0.429. The highest BCUT2D eigenvalue weighted by Gasteiger charge is 2.21. The van der Waals surface area contributed by atoms with E-state index < -0.39 is 5.97 Å². The lowest BCUT2D eigenvalue weighted by Gasteiger charge is -2.09. The Balaban J connectivity index is 2.06. The van der Waals surface area contributed by atoms with Gasteiger partial charge in [0.2, 0.25) is 0 Å². The van der Waals surface area contributed by atoms with E-state index >= 15 is 0 Å². The van der Waals surface area contributed by atoms with Crippen molar-refractivity contribution in [3.63, 3.8) is 0 Å². The van der Waals surface area contributed by atoms with E-state index in [2.05, 4.69) is 9.97 Å². The van der Waals surface area contributed by atoms with Gasteiger partial charge in [-0.2, -0.15) is 0 Å². The number of carbonyl (C=O) groups excluding carboxylic acids is 1. The maximum atomic E-state index is 12.7. The molecular weight excluding hydrogens is 380 g/mol. The minimum Gasteiger partial charge on any atom is -0.493 e. The summed E-state index contributed by atoms with van der Waals surface area (Å²) >= 11 is 1.16. The number of ether oxygens (including phenoxy) is 3. The molecule has 1 aromatic carbocycles. The zero-order valence-electron chi connectivity index (χ0n) is 16.4. The van der Waals surface area contributed by atoms with Gasteiger partial charge >= 0.3 is 5.97 Å². The number of aromatic nitrogens is 2. The van der Waals surface area contributed by atoms with Gasteiger partial charge in [-0.15, -0.1) is 11.3 Å². The third-order valence-corrected chi connectivity index (χ3v) is 5.36. The zero-order valence-corrected chi connectivity index (χ0v) is 17.2. The molecule has 148 valence electrons. The second-order valence-corrected chi connectivity index (χ2v) is 7.71. The Morgan fingerprint density at radius 3 is 2.57 bits per heavy atom. The number of hydrogen-bond acceptors (Lipinski definition) is 7. The molecule has 7 nitrogen and oxygen atoms in total. The summed E-state index contributed by atoms with van der Waals surface area (Å²) in [4.78, 5) is 33.3. The van der Waals surface area contributed by atoms with Crippen molar-refractivity contribution in [2.24, 2.45) is 5.92 Å². The van der Waals surface area contributed by atoms with Gasteiger partial charge in [-0.3, -0.25) is 4.79 Å². The Labute approximate surface area is 166 Å². The van der Waals surface area contributed by atoms with E-state index in [0.29, 0.717) is 50.2 Å². The lowest BCUT2D eigenvalue weighted by atomic mass is 10.1. The highest BCUT2D eigenvalue weighted by atomic mass is 32.1. The number of aryl methyl sites for hydroxylation is 1. The number of carbonyl (C=O) groups is 1. The molecule has 0 aliphatic rings.